The molecule has 0 saturated heterocycles. The van der Waals surface area contributed by atoms with E-state index in [1.807, 2.05) is 37.3 Å². The highest BCUT2D eigenvalue weighted by Crippen LogP contribution is 2.07. The third kappa shape index (κ3) is 7.03. The summed E-state index contributed by atoms with van der Waals surface area (Å²) in [4.78, 5) is 33.2. The summed E-state index contributed by atoms with van der Waals surface area (Å²) in [5.41, 5.74) is 5.79. The molecule has 7 heteroatoms. The first-order chi connectivity index (χ1) is 11.9. The van der Waals surface area contributed by atoms with Gasteiger partial charge in [0.05, 0.1) is 0 Å². The minimum absolute atomic E-state index is 0.0937. The van der Waals surface area contributed by atoms with Crippen LogP contribution in [0.5, 0.6) is 0 Å². The van der Waals surface area contributed by atoms with E-state index in [1.165, 1.54) is 16.2 Å². The Morgan fingerprint density at radius 3 is 2.52 bits per heavy atom. The Morgan fingerprint density at radius 1 is 1.32 bits per heavy atom. The molecule has 0 saturated carbocycles. The lowest BCUT2D eigenvalue weighted by Crippen LogP contribution is -2.38. The Morgan fingerprint density at radius 2 is 1.96 bits per heavy atom. The highest BCUT2D eigenvalue weighted by Gasteiger charge is 2.11. The lowest BCUT2D eigenvalue weighted by atomic mass is 10.0. The summed E-state index contributed by atoms with van der Waals surface area (Å²) in [6.07, 6.45) is 3.44. The average Bonchev–Trinajstić information content (AvgIpc) is 2.59. The van der Waals surface area contributed by atoms with E-state index < -0.39 is 5.91 Å². The molecule has 1 atom stereocenters. The Balaban J connectivity index is 0.000000257. The molecule has 1 amide bonds. The molecule has 2 rings (SSSR count). The highest BCUT2D eigenvalue weighted by molar-refractivity contribution is 9.10. The molecule has 0 aliphatic carbocycles. The van der Waals surface area contributed by atoms with Crippen LogP contribution in [0.2, 0.25) is 0 Å². The van der Waals surface area contributed by atoms with E-state index in [0.717, 1.165) is 12.7 Å². The Bertz CT molecular complexity index is 760. The third-order valence-corrected chi connectivity index (χ3v) is 3.70. The number of hydrazine groups is 1. The summed E-state index contributed by atoms with van der Waals surface area (Å²) in [6.45, 7) is 1.93. The fourth-order valence-electron chi connectivity index (χ4n) is 2.05. The second-order valence-electron chi connectivity index (χ2n) is 5.50. The standard InChI is InChI=1S/C10H12O.C8H10BrN3O2/c1-9(8-11)7-10-5-3-2-4-6-10;1-10-11-7(13)6-3-5(9)4-12(2)8(6)14/h2-6,8-9H,7H2,1H3;3-4,10H,1-2H3,(H,11,13). The van der Waals surface area contributed by atoms with Crippen molar-refractivity contribution in [1.82, 2.24) is 15.4 Å². The zero-order valence-corrected chi connectivity index (χ0v) is 16.0. The number of hydrogen-bond donors (Lipinski definition) is 2. The normalized spacial score (nSPS) is 11.0. The summed E-state index contributed by atoms with van der Waals surface area (Å²) in [6, 6.07) is 11.5. The topological polar surface area (TPSA) is 80.2 Å². The van der Waals surface area contributed by atoms with E-state index in [0.29, 0.717) is 4.47 Å². The number of rotatable bonds is 5. The number of aryl methyl sites for hydroxylation is 1. The summed E-state index contributed by atoms with van der Waals surface area (Å²) in [7, 11) is 3.14. The van der Waals surface area contributed by atoms with Crippen molar-refractivity contribution in [1.29, 1.82) is 0 Å². The molecular formula is C18H22BrN3O3. The van der Waals surface area contributed by atoms with Crippen molar-refractivity contribution < 1.29 is 9.59 Å². The van der Waals surface area contributed by atoms with Gasteiger partial charge in [0.1, 0.15) is 11.8 Å². The molecule has 1 unspecified atom stereocenters. The first kappa shape index (κ1) is 20.8. The van der Waals surface area contributed by atoms with E-state index in [1.54, 1.807) is 20.3 Å². The first-order valence-corrected chi connectivity index (χ1v) is 8.50. The summed E-state index contributed by atoms with van der Waals surface area (Å²) in [5.74, 6) is -0.313. The molecular weight excluding hydrogens is 386 g/mol. The fraction of sp³-hybridized carbons (Fsp3) is 0.278. The quantitative estimate of drug-likeness (QED) is 0.587. The second kappa shape index (κ2) is 10.6. The van der Waals surface area contributed by atoms with E-state index in [4.69, 9.17) is 0 Å². The number of carbonyl (C=O) groups excluding carboxylic acids is 2. The number of amides is 1. The van der Waals surface area contributed by atoms with Gasteiger partial charge in [-0.1, -0.05) is 37.3 Å². The van der Waals surface area contributed by atoms with Crippen LogP contribution in [-0.4, -0.2) is 23.8 Å². The van der Waals surface area contributed by atoms with E-state index in [-0.39, 0.29) is 17.0 Å². The number of aromatic nitrogens is 1. The largest absolute Gasteiger partial charge is 0.317 e. The van der Waals surface area contributed by atoms with Crippen molar-refractivity contribution in [2.45, 2.75) is 13.3 Å². The molecule has 2 N–H and O–H groups in total. The van der Waals surface area contributed by atoms with Crippen LogP contribution < -0.4 is 16.4 Å². The molecule has 134 valence electrons. The van der Waals surface area contributed by atoms with Gasteiger partial charge in [0.15, 0.2) is 0 Å². The molecule has 0 aliphatic rings. The van der Waals surface area contributed by atoms with Crippen molar-refractivity contribution in [3.8, 4) is 0 Å². The molecule has 0 radical (unpaired) electrons. The number of halogens is 1. The lowest BCUT2D eigenvalue weighted by molar-refractivity contribution is -0.110. The average molecular weight is 408 g/mol. The SMILES string of the molecule is CC(C=O)Cc1ccccc1.CNNC(=O)c1cc(Br)cn(C)c1=O. The van der Waals surface area contributed by atoms with Crippen molar-refractivity contribution in [2.75, 3.05) is 7.05 Å². The Hall–Kier alpha value is -2.25. The molecule has 0 fully saturated rings. The predicted molar refractivity (Wildman–Crippen MR) is 101 cm³/mol. The zero-order valence-electron chi connectivity index (χ0n) is 14.5. The Labute approximate surface area is 155 Å². The summed E-state index contributed by atoms with van der Waals surface area (Å²) >= 11 is 3.21. The molecule has 2 aromatic rings. The van der Waals surface area contributed by atoms with Crippen molar-refractivity contribution in [2.24, 2.45) is 13.0 Å². The van der Waals surface area contributed by atoms with E-state index in [2.05, 4.69) is 26.8 Å². The lowest BCUT2D eigenvalue weighted by Gasteiger charge is -2.04. The van der Waals surface area contributed by atoms with Crippen LogP contribution in [0.3, 0.4) is 0 Å². The van der Waals surface area contributed by atoms with Gasteiger partial charge in [-0.2, -0.15) is 0 Å². The maximum absolute atomic E-state index is 11.5. The summed E-state index contributed by atoms with van der Waals surface area (Å²) < 4.78 is 2.02. The monoisotopic (exact) mass is 407 g/mol. The zero-order chi connectivity index (χ0) is 18.8. The van der Waals surface area contributed by atoms with Gasteiger partial charge in [-0.15, -0.1) is 0 Å². The number of carbonyl (C=O) groups is 2. The number of pyridine rings is 1. The molecule has 0 bridgehead atoms. The minimum Gasteiger partial charge on any atom is -0.317 e. The van der Waals surface area contributed by atoms with Crippen LogP contribution in [0, 0.1) is 5.92 Å². The van der Waals surface area contributed by atoms with Crippen molar-refractivity contribution in [3.63, 3.8) is 0 Å². The highest BCUT2D eigenvalue weighted by atomic mass is 79.9. The van der Waals surface area contributed by atoms with Crippen LogP contribution in [0.25, 0.3) is 0 Å². The van der Waals surface area contributed by atoms with Gasteiger partial charge in [0, 0.05) is 30.7 Å². The molecule has 0 spiro atoms. The van der Waals surface area contributed by atoms with Crippen molar-refractivity contribution in [3.05, 3.63) is 68.5 Å². The van der Waals surface area contributed by atoms with Gasteiger partial charge in [0.25, 0.3) is 11.5 Å². The smallest absolute Gasteiger partial charge is 0.271 e. The van der Waals surface area contributed by atoms with E-state index >= 15 is 0 Å². The maximum atomic E-state index is 11.5. The predicted octanol–water partition coefficient (Wildman–Crippen LogP) is 2.08. The number of nitrogens with zero attached hydrogens (tertiary/aromatic N) is 1. The number of benzene rings is 1. The van der Waals surface area contributed by atoms with Gasteiger partial charge < -0.3 is 9.36 Å². The third-order valence-electron chi connectivity index (χ3n) is 3.27. The van der Waals surface area contributed by atoms with Crippen LogP contribution in [0.15, 0.2) is 51.9 Å². The van der Waals surface area contributed by atoms with Gasteiger partial charge in [0.2, 0.25) is 0 Å². The van der Waals surface area contributed by atoms with Crippen LogP contribution in [-0.2, 0) is 18.3 Å². The fourth-order valence-corrected chi connectivity index (χ4v) is 2.58. The molecule has 6 nitrogen and oxygen atoms in total. The van der Waals surface area contributed by atoms with Crippen LogP contribution in [0.1, 0.15) is 22.8 Å². The van der Waals surface area contributed by atoms with Crippen molar-refractivity contribution >= 4 is 28.1 Å². The maximum Gasteiger partial charge on any atom is 0.271 e. The number of nitrogens with one attached hydrogen (secondary N) is 2. The molecule has 0 aliphatic heterocycles. The number of hydrogen-bond acceptors (Lipinski definition) is 4. The molecule has 25 heavy (non-hydrogen) atoms. The molecule has 1 aromatic carbocycles. The van der Waals surface area contributed by atoms with Gasteiger partial charge >= 0.3 is 0 Å². The number of aldehydes is 1. The Kier molecular flexibility index (Phi) is 8.80. The van der Waals surface area contributed by atoms with Gasteiger partial charge in [-0.3, -0.25) is 15.0 Å². The molecule has 1 heterocycles. The minimum atomic E-state index is -0.450. The molecule has 1 aromatic heterocycles. The van der Waals surface area contributed by atoms with Gasteiger partial charge in [-0.25, -0.2) is 5.43 Å². The summed E-state index contributed by atoms with van der Waals surface area (Å²) in [5, 5.41) is 0. The van der Waals surface area contributed by atoms with Crippen LogP contribution in [0.4, 0.5) is 0 Å². The van der Waals surface area contributed by atoms with E-state index in [9.17, 15) is 14.4 Å². The van der Waals surface area contributed by atoms with Crippen LogP contribution >= 0.6 is 15.9 Å². The van der Waals surface area contributed by atoms with Gasteiger partial charge in [-0.05, 0) is 34.0 Å². The first-order valence-electron chi connectivity index (χ1n) is 7.71. The second-order valence-corrected chi connectivity index (χ2v) is 6.41.